The number of carbonyl (C=O) groups is 2. The lowest BCUT2D eigenvalue weighted by molar-refractivity contribution is -0.147. The molecule has 168 valence electrons. The molecule has 5 rings (SSSR count). The van der Waals surface area contributed by atoms with Crippen LogP contribution >= 0.6 is 0 Å². The highest BCUT2D eigenvalue weighted by Crippen LogP contribution is 2.39. The van der Waals surface area contributed by atoms with Gasteiger partial charge in [-0.3, -0.25) is 14.7 Å². The number of cyclic esters (lactones) is 1. The second kappa shape index (κ2) is 6.95. The summed E-state index contributed by atoms with van der Waals surface area (Å²) >= 11 is 0. The van der Waals surface area contributed by atoms with Crippen molar-refractivity contribution in [1.29, 1.82) is 0 Å². The number of H-pyrrole nitrogens is 2. The van der Waals surface area contributed by atoms with Gasteiger partial charge >= 0.3 is 5.97 Å². The van der Waals surface area contributed by atoms with Gasteiger partial charge in [0.2, 0.25) is 5.91 Å². The summed E-state index contributed by atoms with van der Waals surface area (Å²) in [5, 5.41) is 8.94. The number of aromatic nitrogens is 3. The van der Waals surface area contributed by atoms with Crippen molar-refractivity contribution < 1.29 is 14.3 Å². The van der Waals surface area contributed by atoms with Gasteiger partial charge in [-0.2, -0.15) is 5.10 Å². The van der Waals surface area contributed by atoms with Crippen molar-refractivity contribution in [3.8, 4) is 11.4 Å². The number of anilines is 1. The van der Waals surface area contributed by atoms with Gasteiger partial charge in [-0.15, -0.1) is 0 Å². The molecular weight excluding hydrogens is 404 g/mol. The van der Waals surface area contributed by atoms with Gasteiger partial charge < -0.3 is 14.6 Å². The zero-order chi connectivity index (χ0) is 22.8. The summed E-state index contributed by atoms with van der Waals surface area (Å²) in [6.45, 7) is 8.18. The van der Waals surface area contributed by atoms with E-state index in [-0.39, 0.29) is 18.3 Å². The summed E-state index contributed by atoms with van der Waals surface area (Å²) in [5.74, 6) is -0.928. The van der Waals surface area contributed by atoms with E-state index in [1.807, 2.05) is 18.2 Å². The SMILES string of the molecule is CN(C(=O)C1CC(=O)OC1(C)C)c1ccc2cc(-c3n[nH]c4c3CCC(C)(C)C4)[nH]c2c1. The number of aromatic amines is 2. The Bertz CT molecular complexity index is 1230. The molecule has 32 heavy (non-hydrogen) atoms. The second-order valence-corrected chi connectivity index (χ2v) is 10.6. The summed E-state index contributed by atoms with van der Waals surface area (Å²) in [5.41, 5.74) is 5.74. The van der Waals surface area contributed by atoms with Gasteiger partial charge in [0.1, 0.15) is 11.3 Å². The topological polar surface area (TPSA) is 91.1 Å². The van der Waals surface area contributed by atoms with Gasteiger partial charge in [-0.1, -0.05) is 19.9 Å². The van der Waals surface area contributed by atoms with Crippen molar-refractivity contribution in [3.05, 3.63) is 35.5 Å². The number of fused-ring (bicyclic) bond motifs is 2. The van der Waals surface area contributed by atoms with Crippen LogP contribution < -0.4 is 4.90 Å². The number of nitrogens with one attached hydrogen (secondary N) is 2. The van der Waals surface area contributed by atoms with E-state index in [9.17, 15) is 9.59 Å². The zero-order valence-corrected chi connectivity index (χ0v) is 19.3. The van der Waals surface area contributed by atoms with Gasteiger partial charge in [-0.05, 0) is 56.7 Å². The maximum absolute atomic E-state index is 13.1. The third-order valence-corrected chi connectivity index (χ3v) is 7.12. The van der Waals surface area contributed by atoms with Crippen LogP contribution in [0, 0.1) is 11.3 Å². The van der Waals surface area contributed by atoms with Crippen molar-refractivity contribution >= 4 is 28.5 Å². The molecule has 1 amide bonds. The number of hydrogen-bond donors (Lipinski definition) is 2. The first-order valence-electron chi connectivity index (χ1n) is 11.2. The number of ether oxygens (including phenoxy) is 1. The molecule has 0 spiro atoms. The number of nitrogens with zero attached hydrogens (tertiary/aromatic N) is 2. The van der Waals surface area contributed by atoms with Crippen molar-refractivity contribution in [2.45, 2.75) is 59.0 Å². The summed E-state index contributed by atoms with van der Waals surface area (Å²) in [7, 11) is 1.75. The van der Waals surface area contributed by atoms with E-state index in [0.29, 0.717) is 5.41 Å². The van der Waals surface area contributed by atoms with Crippen molar-refractivity contribution in [2.75, 3.05) is 11.9 Å². The number of rotatable bonds is 3. The fourth-order valence-corrected chi connectivity index (χ4v) is 5.09. The summed E-state index contributed by atoms with van der Waals surface area (Å²) in [6, 6.07) is 8.04. The minimum Gasteiger partial charge on any atom is -0.459 e. The van der Waals surface area contributed by atoms with Gasteiger partial charge in [-0.25, -0.2) is 0 Å². The second-order valence-electron chi connectivity index (χ2n) is 10.6. The van der Waals surface area contributed by atoms with Crippen LogP contribution in [-0.2, 0) is 27.2 Å². The van der Waals surface area contributed by atoms with Crippen LogP contribution in [0.5, 0.6) is 0 Å². The van der Waals surface area contributed by atoms with Crippen LogP contribution in [0.1, 0.15) is 51.8 Å². The minimum atomic E-state index is -0.792. The lowest BCUT2D eigenvalue weighted by Gasteiger charge is -2.29. The van der Waals surface area contributed by atoms with Crippen LogP contribution in [0.2, 0.25) is 0 Å². The molecule has 1 unspecified atom stereocenters. The highest BCUT2D eigenvalue weighted by Gasteiger charge is 2.47. The average Bonchev–Trinajstić information content (AvgIpc) is 3.38. The van der Waals surface area contributed by atoms with Crippen LogP contribution in [0.25, 0.3) is 22.3 Å². The van der Waals surface area contributed by atoms with Crippen LogP contribution in [0.4, 0.5) is 5.69 Å². The maximum atomic E-state index is 13.1. The first-order valence-corrected chi connectivity index (χ1v) is 11.2. The molecule has 2 aromatic heterocycles. The van der Waals surface area contributed by atoms with E-state index in [4.69, 9.17) is 4.74 Å². The smallest absolute Gasteiger partial charge is 0.307 e. The van der Waals surface area contributed by atoms with E-state index in [2.05, 4.69) is 35.1 Å². The number of benzene rings is 1. The third kappa shape index (κ3) is 3.40. The molecule has 1 aliphatic heterocycles. The molecule has 2 N–H and O–H groups in total. The predicted octanol–water partition coefficient (Wildman–Crippen LogP) is 4.38. The van der Waals surface area contributed by atoms with Crippen molar-refractivity contribution in [2.24, 2.45) is 11.3 Å². The lowest BCUT2D eigenvalue weighted by Crippen LogP contribution is -2.41. The predicted molar refractivity (Wildman–Crippen MR) is 123 cm³/mol. The van der Waals surface area contributed by atoms with Crippen LogP contribution in [0.3, 0.4) is 0 Å². The highest BCUT2D eigenvalue weighted by molar-refractivity contribution is 6.00. The molecule has 1 saturated heterocycles. The molecule has 3 aromatic rings. The summed E-state index contributed by atoms with van der Waals surface area (Å²) in [6.07, 6.45) is 3.29. The quantitative estimate of drug-likeness (QED) is 0.599. The van der Waals surface area contributed by atoms with Crippen LogP contribution in [0.15, 0.2) is 24.3 Å². The molecular formula is C25H30N4O3. The Balaban J connectivity index is 1.44. The monoisotopic (exact) mass is 434 g/mol. The first kappa shape index (κ1) is 20.8. The van der Waals surface area contributed by atoms with E-state index in [1.165, 1.54) is 11.3 Å². The molecule has 1 aliphatic carbocycles. The van der Waals surface area contributed by atoms with Crippen molar-refractivity contribution in [1.82, 2.24) is 15.2 Å². The molecule has 3 heterocycles. The molecule has 7 heteroatoms. The zero-order valence-electron chi connectivity index (χ0n) is 19.3. The number of carbonyl (C=O) groups excluding carboxylic acids is 2. The Morgan fingerprint density at radius 1 is 1.22 bits per heavy atom. The first-order chi connectivity index (χ1) is 15.0. The Hall–Kier alpha value is -3.09. The molecule has 1 atom stereocenters. The molecule has 0 bridgehead atoms. The van der Waals surface area contributed by atoms with E-state index in [0.717, 1.165) is 47.2 Å². The number of esters is 1. The largest absolute Gasteiger partial charge is 0.459 e. The van der Waals surface area contributed by atoms with Crippen LogP contribution in [-0.4, -0.2) is 39.7 Å². The highest BCUT2D eigenvalue weighted by atomic mass is 16.6. The normalized spacial score (nSPS) is 21.4. The van der Waals surface area contributed by atoms with E-state index < -0.39 is 11.5 Å². The number of hydrogen-bond acceptors (Lipinski definition) is 4. The van der Waals surface area contributed by atoms with Gasteiger partial charge in [0.05, 0.1) is 18.0 Å². The van der Waals surface area contributed by atoms with Crippen molar-refractivity contribution in [3.63, 3.8) is 0 Å². The van der Waals surface area contributed by atoms with Gasteiger partial charge in [0, 0.05) is 34.9 Å². The third-order valence-electron chi connectivity index (χ3n) is 7.12. The number of amides is 1. The molecule has 1 aromatic carbocycles. The minimum absolute atomic E-state index is 0.115. The molecule has 2 aliphatic rings. The molecule has 0 saturated carbocycles. The maximum Gasteiger partial charge on any atom is 0.307 e. The Morgan fingerprint density at radius 2 is 2.00 bits per heavy atom. The summed E-state index contributed by atoms with van der Waals surface area (Å²) in [4.78, 5) is 30.0. The van der Waals surface area contributed by atoms with Gasteiger partial charge in [0.15, 0.2) is 0 Å². The lowest BCUT2D eigenvalue weighted by atomic mass is 9.76. The average molecular weight is 435 g/mol. The molecule has 1 fully saturated rings. The van der Waals surface area contributed by atoms with E-state index >= 15 is 0 Å². The Morgan fingerprint density at radius 3 is 2.72 bits per heavy atom. The fraction of sp³-hybridized carbons (Fsp3) is 0.480. The molecule has 7 nitrogen and oxygen atoms in total. The fourth-order valence-electron chi connectivity index (χ4n) is 5.09. The Kier molecular flexibility index (Phi) is 4.52. The van der Waals surface area contributed by atoms with E-state index in [1.54, 1.807) is 25.8 Å². The Labute approximate surface area is 187 Å². The summed E-state index contributed by atoms with van der Waals surface area (Å²) < 4.78 is 5.34. The molecule has 0 radical (unpaired) electrons. The standard InChI is InChI=1S/C25H30N4O3/c1-24(2)9-8-16-20(13-24)27-28-22(16)19-10-14-6-7-15(11-18(14)26-19)29(5)23(31)17-12-21(30)32-25(17,3)4/h6-7,10-11,17,26H,8-9,12-13H2,1-5H3,(H,27,28). The van der Waals surface area contributed by atoms with Gasteiger partial charge in [0.25, 0.3) is 0 Å².